The van der Waals surface area contributed by atoms with Crippen LogP contribution in [0.2, 0.25) is 0 Å². The van der Waals surface area contributed by atoms with Crippen molar-refractivity contribution in [3.8, 4) is 11.1 Å². The lowest BCUT2D eigenvalue weighted by molar-refractivity contribution is -0.151. The highest BCUT2D eigenvalue weighted by molar-refractivity contribution is 7.15. The van der Waals surface area contributed by atoms with E-state index in [4.69, 9.17) is 0 Å². The SMILES string of the molecule is O=C(NC1CC1)c1c(-c2ccccc2)csc1NC(=O)[C@@H]1[C@@H](C(=O)O)[C@H]2C=C[C@@H]1CC2. The van der Waals surface area contributed by atoms with Gasteiger partial charge in [-0.05, 0) is 43.1 Å². The first-order chi connectivity index (χ1) is 15.0. The Morgan fingerprint density at radius 2 is 1.61 bits per heavy atom. The van der Waals surface area contributed by atoms with Gasteiger partial charge in [0.2, 0.25) is 5.91 Å². The van der Waals surface area contributed by atoms with E-state index < -0.39 is 17.8 Å². The van der Waals surface area contributed by atoms with Gasteiger partial charge in [-0.2, -0.15) is 0 Å². The third kappa shape index (κ3) is 3.78. The van der Waals surface area contributed by atoms with Gasteiger partial charge in [0.15, 0.2) is 0 Å². The summed E-state index contributed by atoms with van der Waals surface area (Å²) in [5, 5.41) is 18.1. The molecular formula is C24H24N2O4S. The summed E-state index contributed by atoms with van der Waals surface area (Å²) in [5.74, 6) is -2.97. The lowest BCUT2D eigenvalue weighted by Gasteiger charge is -2.41. The Balaban J connectivity index is 1.46. The maximum Gasteiger partial charge on any atom is 0.307 e. The number of hydrogen-bond donors (Lipinski definition) is 3. The minimum Gasteiger partial charge on any atom is -0.481 e. The average Bonchev–Trinajstić information content (AvgIpc) is 3.50. The molecule has 4 atom stereocenters. The molecule has 0 unspecified atom stereocenters. The third-order valence-electron chi connectivity index (χ3n) is 6.59. The number of carbonyl (C=O) groups excluding carboxylic acids is 2. The molecule has 0 saturated heterocycles. The van der Waals surface area contributed by atoms with Crippen LogP contribution < -0.4 is 10.6 Å². The van der Waals surface area contributed by atoms with Crippen molar-refractivity contribution in [1.82, 2.24) is 5.32 Å². The predicted octanol–water partition coefficient (Wildman–Crippen LogP) is 4.16. The van der Waals surface area contributed by atoms with Crippen LogP contribution in [-0.4, -0.2) is 28.9 Å². The summed E-state index contributed by atoms with van der Waals surface area (Å²) in [6, 6.07) is 9.81. The number of carboxylic acid groups (broad SMARTS) is 1. The highest BCUT2D eigenvalue weighted by Crippen LogP contribution is 2.46. The highest BCUT2D eigenvalue weighted by atomic mass is 32.1. The number of hydrogen-bond acceptors (Lipinski definition) is 4. The lowest BCUT2D eigenvalue weighted by Crippen LogP contribution is -2.47. The molecule has 2 aromatic rings. The summed E-state index contributed by atoms with van der Waals surface area (Å²) in [6.07, 6.45) is 7.49. The number of fused-ring (bicyclic) bond motifs is 2. The molecule has 2 amide bonds. The fraction of sp³-hybridized carbons (Fsp3) is 0.375. The number of aliphatic carboxylic acids is 1. The molecule has 31 heavy (non-hydrogen) atoms. The first-order valence-corrected chi connectivity index (χ1v) is 11.6. The molecule has 6 nitrogen and oxygen atoms in total. The van der Waals surface area contributed by atoms with E-state index in [1.165, 1.54) is 11.3 Å². The molecule has 0 spiro atoms. The number of benzene rings is 1. The van der Waals surface area contributed by atoms with Gasteiger partial charge in [-0.25, -0.2) is 0 Å². The average molecular weight is 437 g/mol. The Bertz CT molecular complexity index is 1060. The van der Waals surface area contributed by atoms with Crippen molar-refractivity contribution in [2.24, 2.45) is 23.7 Å². The van der Waals surface area contributed by atoms with Gasteiger partial charge in [-0.3, -0.25) is 14.4 Å². The summed E-state index contributed by atoms with van der Waals surface area (Å²) in [4.78, 5) is 38.3. The Labute approximate surface area is 184 Å². The molecule has 2 bridgehead atoms. The minimum atomic E-state index is -0.929. The second-order valence-electron chi connectivity index (χ2n) is 8.64. The van der Waals surface area contributed by atoms with Crippen molar-refractivity contribution < 1.29 is 19.5 Å². The standard InChI is InChI=1S/C24H24N2O4S/c27-21(18-14-6-8-15(9-7-14)19(18)24(29)30)26-23-20(22(28)25-16-10-11-16)17(12-31-23)13-4-2-1-3-5-13/h1-6,8,12,14-16,18-19H,7,9-11H2,(H,25,28)(H,26,27)(H,29,30)/t14-,15+,18+,19+/m1/s1. The zero-order valence-corrected chi connectivity index (χ0v) is 17.7. The number of carboxylic acids is 1. The molecule has 2 saturated carbocycles. The van der Waals surface area contributed by atoms with Gasteiger partial charge in [-0.1, -0.05) is 42.5 Å². The number of carbonyl (C=O) groups is 3. The van der Waals surface area contributed by atoms with E-state index in [0.29, 0.717) is 10.6 Å². The van der Waals surface area contributed by atoms with E-state index in [2.05, 4.69) is 10.6 Å². The minimum absolute atomic E-state index is 0.0802. The Kier molecular flexibility index (Phi) is 5.14. The van der Waals surface area contributed by atoms with Crippen LogP contribution in [0, 0.1) is 23.7 Å². The van der Waals surface area contributed by atoms with Gasteiger partial charge >= 0.3 is 5.97 Å². The second kappa shape index (κ2) is 7.96. The van der Waals surface area contributed by atoms with Crippen molar-refractivity contribution >= 4 is 34.1 Å². The zero-order valence-electron chi connectivity index (χ0n) is 16.9. The van der Waals surface area contributed by atoms with E-state index in [1.807, 2.05) is 47.9 Å². The van der Waals surface area contributed by atoms with Gasteiger partial charge in [0.25, 0.3) is 5.91 Å². The Morgan fingerprint density at radius 3 is 2.23 bits per heavy atom. The first-order valence-electron chi connectivity index (χ1n) is 10.7. The van der Waals surface area contributed by atoms with E-state index in [-0.39, 0.29) is 29.7 Å². The fourth-order valence-corrected chi connectivity index (χ4v) is 5.84. The van der Waals surface area contributed by atoms with Crippen molar-refractivity contribution in [2.75, 3.05) is 5.32 Å². The Hall–Kier alpha value is -2.93. The molecular weight excluding hydrogens is 412 g/mol. The monoisotopic (exact) mass is 436 g/mol. The summed E-state index contributed by atoms with van der Waals surface area (Å²) in [5.41, 5.74) is 2.14. The number of anilines is 1. The fourth-order valence-electron chi connectivity index (χ4n) is 4.87. The summed E-state index contributed by atoms with van der Waals surface area (Å²) in [6.45, 7) is 0. The van der Waals surface area contributed by atoms with Crippen LogP contribution in [0.4, 0.5) is 5.00 Å². The van der Waals surface area contributed by atoms with Crippen LogP contribution in [-0.2, 0) is 9.59 Å². The zero-order chi connectivity index (χ0) is 21.5. The van der Waals surface area contributed by atoms with Gasteiger partial charge in [0.1, 0.15) is 5.00 Å². The summed E-state index contributed by atoms with van der Waals surface area (Å²) < 4.78 is 0. The number of allylic oxidation sites excluding steroid dienone is 2. The summed E-state index contributed by atoms with van der Waals surface area (Å²) in [7, 11) is 0. The van der Waals surface area contributed by atoms with E-state index >= 15 is 0 Å². The van der Waals surface area contributed by atoms with Crippen LogP contribution >= 0.6 is 11.3 Å². The summed E-state index contributed by atoms with van der Waals surface area (Å²) >= 11 is 1.31. The number of rotatable bonds is 6. The van der Waals surface area contributed by atoms with E-state index in [1.54, 1.807) is 0 Å². The molecule has 4 aliphatic rings. The highest BCUT2D eigenvalue weighted by Gasteiger charge is 2.48. The van der Waals surface area contributed by atoms with Crippen LogP contribution in [0.1, 0.15) is 36.0 Å². The van der Waals surface area contributed by atoms with Crippen LogP contribution in [0.25, 0.3) is 11.1 Å². The molecule has 160 valence electrons. The molecule has 2 fully saturated rings. The van der Waals surface area contributed by atoms with Crippen LogP contribution in [0.3, 0.4) is 0 Å². The topological polar surface area (TPSA) is 95.5 Å². The van der Waals surface area contributed by atoms with Gasteiger partial charge in [0.05, 0.1) is 17.4 Å². The van der Waals surface area contributed by atoms with Crippen LogP contribution in [0.5, 0.6) is 0 Å². The maximum atomic E-state index is 13.3. The molecule has 0 radical (unpaired) electrons. The van der Waals surface area contributed by atoms with Gasteiger partial charge < -0.3 is 15.7 Å². The molecule has 0 aliphatic heterocycles. The maximum absolute atomic E-state index is 13.3. The third-order valence-corrected chi connectivity index (χ3v) is 7.48. The van der Waals surface area contributed by atoms with Crippen molar-refractivity contribution in [2.45, 2.75) is 31.7 Å². The second-order valence-corrected chi connectivity index (χ2v) is 9.52. The molecule has 1 heterocycles. The smallest absolute Gasteiger partial charge is 0.307 e. The molecule has 7 heteroatoms. The van der Waals surface area contributed by atoms with Crippen LogP contribution in [0.15, 0.2) is 47.9 Å². The van der Waals surface area contributed by atoms with Gasteiger partial charge in [0, 0.05) is 17.0 Å². The lowest BCUT2D eigenvalue weighted by atomic mass is 9.62. The molecule has 3 N–H and O–H groups in total. The van der Waals surface area contributed by atoms with Crippen molar-refractivity contribution in [1.29, 1.82) is 0 Å². The van der Waals surface area contributed by atoms with Crippen molar-refractivity contribution in [3.05, 3.63) is 53.4 Å². The van der Waals surface area contributed by atoms with Crippen molar-refractivity contribution in [3.63, 3.8) is 0 Å². The molecule has 6 rings (SSSR count). The Morgan fingerprint density at radius 1 is 0.935 bits per heavy atom. The predicted molar refractivity (Wildman–Crippen MR) is 119 cm³/mol. The molecule has 1 aromatic heterocycles. The normalized spacial score (nSPS) is 26.5. The quantitative estimate of drug-likeness (QED) is 0.593. The van der Waals surface area contributed by atoms with E-state index in [0.717, 1.165) is 36.8 Å². The van der Waals surface area contributed by atoms with E-state index in [9.17, 15) is 19.5 Å². The number of amides is 2. The molecule has 1 aromatic carbocycles. The largest absolute Gasteiger partial charge is 0.481 e. The number of nitrogens with one attached hydrogen (secondary N) is 2. The number of thiophene rings is 1. The van der Waals surface area contributed by atoms with Gasteiger partial charge in [-0.15, -0.1) is 11.3 Å². The first kappa shape index (κ1) is 20.0. The molecule has 4 aliphatic carbocycles.